The predicted octanol–water partition coefficient (Wildman–Crippen LogP) is 2.43. The van der Waals surface area contributed by atoms with Crippen molar-refractivity contribution < 1.29 is 27.4 Å². The van der Waals surface area contributed by atoms with Gasteiger partial charge in [0.25, 0.3) is 0 Å². The summed E-state index contributed by atoms with van der Waals surface area (Å²) in [5.41, 5.74) is -1.95. The second kappa shape index (κ2) is 4.47. The van der Waals surface area contributed by atoms with Gasteiger partial charge in [-0.15, -0.1) is 0 Å². The van der Waals surface area contributed by atoms with Crippen LogP contribution in [0.15, 0.2) is 12.3 Å². The van der Waals surface area contributed by atoms with Gasteiger partial charge < -0.3 is 9.47 Å². The van der Waals surface area contributed by atoms with Crippen molar-refractivity contribution in [1.82, 2.24) is 4.98 Å². The Bertz CT molecular complexity index is 469. The Balaban J connectivity index is 2.48. The van der Waals surface area contributed by atoms with E-state index in [9.17, 15) is 18.0 Å². The molecule has 0 unspecified atom stereocenters. The summed E-state index contributed by atoms with van der Waals surface area (Å²) in [5, 5.41) is 0. The van der Waals surface area contributed by atoms with Crippen LogP contribution in [0.25, 0.3) is 0 Å². The molecule has 1 aromatic rings. The molecule has 1 saturated carbocycles. The van der Waals surface area contributed by atoms with Crippen LogP contribution in [0.4, 0.5) is 13.2 Å². The molecule has 1 fully saturated rings. The first-order valence-electron chi connectivity index (χ1n) is 5.24. The van der Waals surface area contributed by atoms with Gasteiger partial charge in [-0.05, 0) is 18.9 Å². The Morgan fingerprint density at radius 2 is 2.11 bits per heavy atom. The highest BCUT2D eigenvalue weighted by molar-refractivity contribution is 5.93. The maximum atomic E-state index is 12.8. The van der Waals surface area contributed by atoms with E-state index >= 15 is 0 Å². The van der Waals surface area contributed by atoms with Crippen LogP contribution < -0.4 is 4.74 Å². The number of rotatable bonds is 3. The molecule has 7 heteroatoms. The molecule has 0 aromatic carbocycles. The molecular formula is C11H10F3NO3. The minimum atomic E-state index is -4.73. The fourth-order valence-electron chi connectivity index (χ4n) is 1.42. The summed E-state index contributed by atoms with van der Waals surface area (Å²) < 4.78 is 47.9. The van der Waals surface area contributed by atoms with Crippen LogP contribution in [0, 0.1) is 0 Å². The Labute approximate surface area is 101 Å². The monoisotopic (exact) mass is 261 g/mol. The van der Waals surface area contributed by atoms with Gasteiger partial charge in [-0.25, -0.2) is 4.79 Å². The second-order valence-corrected chi connectivity index (χ2v) is 3.84. The minimum Gasteiger partial charge on any atom is -0.489 e. The number of ether oxygens (including phenoxy) is 2. The molecule has 0 N–H and O–H groups in total. The van der Waals surface area contributed by atoms with E-state index in [4.69, 9.17) is 4.74 Å². The van der Waals surface area contributed by atoms with Crippen LogP contribution in [0.3, 0.4) is 0 Å². The van der Waals surface area contributed by atoms with E-state index < -0.39 is 23.4 Å². The zero-order valence-corrected chi connectivity index (χ0v) is 9.45. The summed E-state index contributed by atoms with van der Waals surface area (Å²) in [5.74, 6) is -1.24. The number of aromatic nitrogens is 1. The maximum absolute atomic E-state index is 12.8. The zero-order valence-electron chi connectivity index (χ0n) is 9.45. The lowest BCUT2D eigenvalue weighted by molar-refractivity contribution is -0.141. The quantitative estimate of drug-likeness (QED) is 0.784. The van der Waals surface area contributed by atoms with Crippen molar-refractivity contribution >= 4 is 5.97 Å². The molecule has 0 saturated heterocycles. The van der Waals surface area contributed by atoms with Crippen molar-refractivity contribution in [2.45, 2.75) is 25.1 Å². The van der Waals surface area contributed by atoms with Gasteiger partial charge in [0.05, 0.1) is 13.2 Å². The first-order valence-corrected chi connectivity index (χ1v) is 5.24. The molecule has 2 rings (SSSR count). The lowest BCUT2D eigenvalue weighted by Crippen LogP contribution is -2.18. The van der Waals surface area contributed by atoms with Gasteiger partial charge in [0.15, 0.2) is 5.69 Å². The van der Waals surface area contributed by atoms with Gasteiger partial charge in [-0.2, -0.15) is 13.2 Å². The number of carbonyl (C=O) groups excluding carboxylic acids is 1. The van der Waals surface area contributed by atoms with Crippen molar-refractivity contribution in [3.8, 4) is 5.75 Å². The minimum absolute atomic E-state index is 0.128. The highest BCUT2D eigenvalue weighted by Gasteiger charge is 2.40. The molecule has 0 bridgehead atoms. The SMILES string of the molecule is COC(=O)c1c(OC2CC2)ccnc1C(F)(F)F. The first-order chi connectivity index (χ1) is 8.43. The number of hydrogen-bond acceptors (Lipinski definition) is 4. The number of halogens is 3. The van der Waals surface area contributed by atoms with E-state index in [1.165, 1.54) is 6.07 Å². The fraction of sp³-hybridized carbons (Fsp3) is 0.455. The van der Waals surface area contributed by atoms with E-state index in [0.717, 1.165) is 26.1 Å². The normalized spacial score (nSPS) is 15.3. The Morgan fingerprint density at radius 1 is 1.44 bits per heavy atom. The standard InChI is InChI=1S/C11H10F3NO3/c1-17-10(16)8-7(18-6-2-3-6)4-5-15-9(8)11(12,13)14/h4-6H,2-3H2,1H3. The first kappa shape index (κ1) is 12.7. The van der Waals surface area contributed by atoms with Gasteiger partial charge in [0.2, 0.25) is 0 Å². The van der Waals surface area contributed by atoms with E-state index in [-0.39, 0.29) is 11.9 Å². The molecule has 0 aliphatic heterocycles. The Kier molecular flexibility index (Phi) is 3.14. The molecule has 0 atom stereocenters. The third kappa shape index (κ3) is 2.55. The van der Waals surface area contributed by atoms with Crippen molar-refractivity contribution in [2.24, 2.45) is 0 Å². The van der Waals surface area contributed by atoms with Gasteiger partial charge in [-0.1, -0.05) is 0 Å². The average molecular weight is 261 g/mol. The summed E-state index contributed by atoms with van der Waals surface area (Å²) in [6.45, 7) is 0. The second-order valence-electron chi connectivity index (χ2n) is 3.84. The number of pyridine rings is 1. The van der Waals surface area contributed by atoms with E-state index in [1.54, 1.807) is 0 Å². The molecule has 1 aliphatic carbocycles. The molecule has 1 heterocycles. The number of esters is 1. The molecule has 1 aliphatic rings. The number of nitrogens with zero attached hydrogens (tertiary/aromatic N) is 1. The predicted molar refractivity (Wildman–Crippen MR) is 54.2 cm³/mol. The molecule has 0 radical (unpaired) electrons. The van der Waals surface area contributed by atoms with Crippen LogP contribution in [-0.4, -0.2) is 24.2 Å². The summed E-state index contributed by atoms with van der Waals surface area (Å²) in [4.78, 5) is 14.7. The highest BCUT2D eigenvalue weighted by atomic mass is 19.4. The summed E-state index contributed by atoms with van der Waals surface area (Å²) in [6, 6.07) is 1.24. The van der Waals surface area contributed by atoms with E-state index in [0.29, 0.717) is 0 Å². The van der Waals surface area contributed by atoms with Crippen molar-refractivity contribution in [3.05, 3.63) is 23.5 Å². The lowest BCUT2D eigenvalue weighted by Gasteiger charge is -2.14. The molecule has 18 heavy (non-hydrogen) atoms. The van der Waals surface area contributed by atoms with Crippen LogP contribution in [0.1, 0.15) is 28.9 Å². The van der Waals surface area contributed by atoms with Gasteiger partial charge in [0, 0.05) is 6.20 Å². The molecule has 0 amide bonds. The van der Waals surface area contributed by atoms with Crippen molar-refractivity contribution in [2.75, 3.05) is 7.11 Å². The van der Waals surface area contributed by atoms with Gasteiger partial charge in [0.1, 0.15) is 11.3 Å². The van der Waals surface area contributed by atoms with Crippen molar-refractivity contribution in [3.63, 3.8) is 0 Å². The highest BCUT2D eigenvalue weighted by Crippen LogP contribution is 2.36. The van der Waals surface area contributed by atoms with Crippen LogP contribution in [0.5, 0.6) is 5.75 Å². The number of hydrogen-bond donors (Lipinski definition) is 0. The summed E-state index contributed by atoms with van der Waals surface area (Å²) in [7, 11) is 1.01. The van der Waals surface area contributed by atoms with E-state index in [2.05, 4.69) is 9.72 Å². The van der Waals surface area contributed by atoms with Gasteiger partial charge in [-0.3, -0.25) is 4.98 Å². The molecule has 98 valence electrons. The molecule has 1 aromatic heterocycles. The zero-order chi connectivity index (χ0) is 13.3. The van der Waals surface area contributed by atoms with Crippen LogP contribution >= 0.6 is 0 Å². The third-order valence-corrected chi connectivity index (χ3v) is 2.39. The largest absolute Gasteiger partial charge is 0.489 e. The number of methoxy groups -OCH3 is 1. The average Bonchev–Trinajstić information content (AvgIpc) is 3.10. The fourth-order valence-corrected chi connectivity index (χ4v) is 1.42. The van der Waals surface area contributed by atoms with Gasteiger partial charge >= 0.3 is 12.1 Å². The third-order valence-electron chi connectivity index (χ3n) is 2.39. The summed E-state index contributed by atoms with van der Waals surface area (Å²) >= 11 is 0. The Hall–Kier alpha value is -1.79. The summed E-state index contributed by atoms with van der Waals surface area (Å²) in [6.07, 6.45) is -2.36. The molecular weight excluding hydrogens is 251 g/mol. The number of carbonyl (C=O) groups is 1. The molecule has 4 nitrogen and oxygen atoms in total. The number of alkyl halides is 3. The molecule has 0 spiro atoms. The maximum Gasteiger partial charge on any atom is 0.434 e. The smallest absolute Gasteiger partial charge is 0.434 e. The van der Waals surface area contributed by atoms with Crippen LogP contribution in [0.2, 0.25) is 0 Å². The Morgan fingerprint density at radius 3 is 2.61 bits per heavy atom. The van der Waals surface area contributed by atoms with E-state index in [1.807, 2.05) is 0 Å². The topological polar surface area (TPSA) is 48.4 Å². The van der Waals surface area contributed by atoms with Crippen LogP contribution in [-0.2, 0) is 10.9 Å². The van der Waals surface area contributed by atoms with Crippen molar-refractivity contribution in [1.29, 1.82) is 0 Å². The lowest BCUT2D eigenvalue weighted by atomic mass is 10.1.